The number of thioether (sulfide) groups is 1. The van der Waals surface area contributed by atoms with Gasteiger partial charge in [0.2, 0.25) is 5.89 Å². The van der Waals surface area contributed by atoms with Gasteiger partial charge in [-0.05, 0) is 12.3 Å². The molecule has 0 radical (unpaired) electrons. The van der Waals surface area contributed by atoms with Crippen molar-refractivity contribution in [3.05, 3.63) is 18.4 Å². The fourth-order valence-electron chi connectivity index (χ4n) is 2.34. The number of aliphatic imine (C=N–C) groups is 1. The van der Waals surface area contributed by atoms with Crippen molar-refractivity contribution >= 4 is 17.3 Å². The van der Waals surface area contributed by atoms with Gasteiger partial charge >= 0.3 is 0 Å². The zero-order chi connectivity index (χ0) is 11.0. The van der Waals surface area contributed by atoms with E-state index in [0.717, 1.165) is 6.42 Å². The summed E-state index contributed by atoms with van der Waals surface area (Å²) < 4.78 is 11.1. The molecule has 4 unspecified atom stereocenters. The first-order valence-corrected chi connectivity index (χ1v) is 6.47. The van der Waals surface area contributed by atoms with Gasteiger partial charge in [-0.25, -0.2) is 4.98 Å². The number of oxazole rings is 1. The number of aromatic nitrogens is 1. The molecule has 86 valence electrons. The van der Waals surface area contributed by atoms with Crippen LogP contribution in [0.3, 0.4) is 0 Å². The maximum absolute atomic E-state index is 5.76. The molecule has 2 aliphatic rings. The molecule has 3 heterocycles. The molecule has 0 spiro atoms. The predicted octanol–water partition coefficient (Wildman–Crippen LogP) is 2.28. The topological polar surface area (TPSA) is 47.6 Å². The summed E-state index contributed by atoms with van der Waals surface area (Å²) in [6, 6.07) is 0.322. The maximum Gasteiger partial charge on any atom is 0.223 e. The largest absolute Gasteiger partial charge is 0.446 e. The Morgan fingerprint density at radius 1 is 1.50 bits per heavy atom. The van der Waals surface area contributed by atoms with E-state index in [4.69, 9.17) is 9.15 Å². The van der Waals surface area contributed by atoms with E-state index < -0.39 is 0 Å². The normalized spacial score (nSPS) is 38.3. The van der Waals surface area contributed by atoms with Crippen LogP contribution in [0.1, 0.15) is 25.3 Å². The third-order valence-corrected chi connectivity index (χ3v) is 4.33. The van der Waals surface area contributed by atoms with Gasteiger partial charge < -0.3 is 9.15 Å². The molecule has 4 nitrogen and oxygen atoms in total. The Balaban J connectivity index is 1.77. The molecule has 0 N–H and O–H groups in total. The van der Waals surface area contributed by atoms with Crippen LogP contribution in [0.15, 0.2) is 21.9 Å². The van der Waals surface area contributed by atoms with Crippen LogP contribution in [0.5, 0.6) is 0 Å². The number of hydrogen-bond donors (Lipinski definition) is 0. The molecule has 3 rings (SSSR count). The molecule has 0 aromatic carbocycles. The minimum absolute atomic E-state index is 0.00704. The Hall–Kier alpha value is -0.810. The Kier molecular flexibility index (Phi) is 2.73. The molecular formula is C11H14N2O2S. The SMILES string of the molecule is CC1SC=NC2COC(c3ncco3)CC21. The molecule has 1 aromatic heterocycles. The van der Waals surface area contributed by atoms with Crippen LogP contribution in [-0.4, -0.2) is 28.4 Å². The summed E-state index contributed by atoms with van der Waals surface area (Å²) in [5.41, 5.74) is 1.96. The van der Waals surface area contributed by atoms with Crippen molar-refractivity contribution in [1.82, 2.24) is 4.98 Å². The van der Waals surface area contributed by atoms with Crippen LogP contribution in [0, 0.1) is 5.92 Å². The van der Waals surface area contributed by atoms with Gasteiger partial charge in [0.05, 0.1) is 24.4 Å². The summed E-state index contributed by atoms with van der Waals surface area (Å²) in [6.07, 6.45) is 4.23. The van der Waals surface area contributed by atoms with Crippen molar-refractivity contribution in [2.75, 3.05) is 6.61 Å². The van der Waals surface area contributed by atoms with Crippen molar-refractivity contribution in [3.8, 4) is 0 Å². The summed E-state index contributed by atoms with van der Waals surface area (Å²) >= 11 is 1.80. The smallest absolute Gasteiger partial charge is 0.223 e. The molecule has 0 amide bonds. The standard InChI is InChI=1S/C11H14N2O2S/c1-7-8-4-10(11-12-2-3-14-11)15-5-9(8)13-6-16-7/h2-3,6-10H,4-5H2,1H3. The van der Waals surface area contributed by atoms with E-state index in [9.17, 15) is 0 Å². The second-order valence-corrected chi connectivity index (χ2v) is 5.48. The van der Waals surface area contributed by atoms with Crippen LogP contribution < -0.4 is 0 Å². The van der Waals surface area contributed by atoms with Crippen molar-refractivity contribution in [2.24, 2.45) is 10.9 Å². The van der Waals surface area contributed by atoms with Gasteiger partial charge in [0, 0.05) is 5.25 Å². The summed E-state index contributed by atoms with van der Waals surface area (Å²) in [4.78, 5) is 8.65. The highest BCUT2D eigenvalue weighted by Crippen LogP contribution is 2.39. The van der Waals surface area contributed by atoms with Crippen LogP contribution in [-0.2, 0) is 4.74 Å². The summed E-state index contributed by atoms with van der Waals surface area (Å²) in [6.45, 7) is 2.94. The molecule has 2 aliphatic heterocycles. The van der Waals surface area contributed by atoms with Gasteiger partial charge in [-0.15, -0.1) is 11.8 Å². The van der Waals surface area contributed by atoms with Gasteiger partial charge in [-0.1, -0.05) is 6.92 Å². The van der Waals surface area contributed by atoms with Gasteiger partial charge in [0.15, 0.2) is 0 Å². The third kappa shape index (κ3) is 1.78. The van der Waals surface area contributed by atoms with Gasteiger partial charge in [0.25, 0.3) is 0 Å². The van der Waals surface area contributed by atoms with Gasteiger partial charge in [-0.2, -0.15) is 0 Å². The van der Waals surface area contributed by atoms with E-state index in [2.05, 4.69) is 16.9 Å². The molecule has 0 saturated carbocycles. The number of hydrogen-bond acceptors (Lipinski definition) is 5. The first-order chi connectivity index (χ1) is 7.84. The molecule has 1 fully saturated rings. The molecule has 1 saturated heterocycles. The van der Waals surface area contributed by atoms with Crippen LogP contribution >= 0.6 is 11.8 Å². The summed E-state index contributed by atoms with van der Waals surface area (Å²) in [5, 5.41) is 0.601. The number of fused-ring (bicyclic) bond motifs is 1. The highest BCUT2D eigenvalue weighted by Gasteiger charge is 2.38. The van der Waals surface area contributed by atoms with E-state index in [0.29, 0.717) is 29.7 Å². The molecule has 0 aliphatic carbocycles. The van der Waals surface area contributed by atoms with E-state index in [-0.39, 0.29) is 6.10 Å². The van der Waals surface area contributed by atoms with E-state index >= 15 is 0 Å². The summed E-state index contributed by atoms with van der Waals surface area (Å²) in [7, 11) is 0. The zero-order valence-corrected chi connectivity index (χ0v) is 9.89. The highest BCUT2D eigenvalue weighted by molar-refractivity contribution is 8.12. The van der Waals surface area contributed by atoms with Crippen molar-refractivity contribution < 1.29 is 9.15 Å². The monoisotopic (exact) mass is 238 g/mol. The Morgan fingerprint density at radius 3 is 3.25 bits per heavy atom. The average molecular weight is 238 g/mol. The fraction of sp³-hybridized carbons (Fsp3) is 0.636. The second kappa shape index (κ2) is 4.22. The first-order valence-electron chi connectivity index (χ1n) is 5.52. The fourth-order valence-corrected chi connectivity index (χ4v) is 3.26. The van der Waals surface area contributed by atoms with Crippen LogP contribution in [0.4, 0.5) is 0 Å². The molecule has 0 bridgehead atoms. The number of ether oxygens (including phenoxy) is 1. The Bertz CT molecular complexity index is 379. The van der Waals surface area contributed by atoms with E-state index in [1.54, 1.807) is 24.2 Å². The van der Waals surface area contributed by atoms with Gasteiger partial charge in [0.1, 0.15) is 12.4 Å². The quantitative estimate of drug-likeness (QED) is 0.753. The van der Waals surface area contributed by atoms with E-state index in [1.165, 1.54) is 0 Å². The molecule has 4 atom stereocenters. The van der Waals surface area contributed by atoms with Crippen LogP contribution in [0.25, 0.3) is 0 Å². The second-order valence-electron chi connectivity index (χ2n) is 4.25. The number of rotatable bonds is 1. The van der Waals surface area contributed by atoms with Crippen molar-refractivity contribution in [3.63, 3.8) is 0 Å². The molecular weight excluding hydrogens is 224 g/mol. The third-order valence-electron chi connectivity index (χ3n) is 3.31. The molecule has 16 heavy (non-hydrogen) atoms. The maximum atomic E-state index is 5.76. The lowest BCUT2D eigenvalue weighted by Crippen LogP contribution is -2.39. The van der Waals surface area contributed by atoms with Crippen LogP contribution in [0.2, 0.25) is 0 Å². The summed E-state index contributed by atoms with van der Waals surface area (Å²) in [5.74, 6) is 1.27. The Labute approximate surface area is 98.5 Å². The lowest BCUT2D eigenvalue weighted by Gasteiger charge is -2.37. The lowest BCUT2D eigenvalue weighted by molar-refractivity contribution is -0.0358. The van der Waals surface area contributed by atoms with Gasteiger partial charge in [-0.3, -0.25) is 4.99 Å². The Morgan fingerprint density at radius 2 is 2.44 bits per heavy atom. The first kappa shape index (κ1) is 10.4. The lowest BCUT2D eigenvalue weighted by atomic mass is 9.88. The average Bonchev–Trinajstić information content (AvgIpc) is 2.83. The molecule has 1 aromatic rings. The predicted molar refractivity (Wildman–Crippen MR) is 62.6 cm³/mol. The molecule has 5 heteroatoms. The minimum atomic E-state index is 0.00704. The van der Waals surface area contributed by atoms with Crippen molar-refractivity contribution in [1.29, 1.82) is 0 Å². The highest BCUT2D eigenvalue weighted by atomic mass is 32.2. The number of nitrogens with zero attached hydrogens (tertiary/aromatic N) is 2. The van der Waals surface area contributed by atoms with E-state index in [1.807, 2.05) is 5.55 Å². The van der Waals surface area contributed by atoms with Crippen molar-refractivity contribution in [2.45, 2.75) is 30.7 Å². The minimum Gasteiger partial charge on any atom is -0.446 e. The zero-order valence-electron chi connectivity index (χ0n) is 9.07.